The van der Waals surface area contributed by atoms with Gasteiger partial charge in [-0.1, -0.05) is 29.6 Å². The molecule has 0 spiro atoms. The molecule has 3 amide bonds. The highest BCUT2D eigenvalue weighted by atomic mass is 16.5. The van der Waals surface area contributed by atoms with Crippen LogP contribution in [0.5, 0.6) is 0 Å². The molecule has 1 unspecified atom stereocenters. The zero-order chi connectivity index (χ0) is 45.9. The van der Waals surface area contributed by atoms with Crippen molar-refractivity contribution in [2.75, 3.05) is 51.5 Å². The van der Waals surface area contributed by atoms with Gasteiger partial charge in [0.2, 0.25) is 11.7 Å². The third-order valence-corrected chi connectivity index (χ3v) is 12.2. The van der Waals surface area contributed by atoms with E-state index in [9.17, 15) is 14.4 Å². The Morgan fingerprint density at radius 1 is 1.00 bits per heavy atom. The molecule has 4 N–H and O–H groups in total. The lowest BCUT2D eigenvalue weighted by atomic mass is 9.97. The normalized spacial score (nSPS) is 15.9. The Kier molecular flexibility index (Phi) is 13.0. The first-order valence-electron chi connectivity index (χ1n) is 22.6. The Morgan fingerprint density at radius 2 is 1.80 bits per heavy atom. The van der Waals surface area contributed by atoms with Gasteiger partial charge in [-0.15, -0.1) is 0 Å². The maximum atomic E-state index is 13.6. The van der Waals surface area contributed by atoms with E-state index in [4.69, 9.17) is 33.8 Å². The third-order valence-electron chi connectivity index (χ3n) is 12.2. The molecule has 4 aromatic heterocycles. The number of H-pyrrole nitrogens is 1. The second kappa shape index (κ2) is 19.3. The van der Waals surface area contributed by atoms with E-state index in [2.05, 4.69) is 76.6 Å². The standard InChI is InChI=1S/C49H54N10O7/c1-6-59-41(26-38(56-59)33-14-15-33)53-45-43-36-24-28(2)35(42-30(4)57-66-31(42)5)25-39(36)52-44(43)54-46(55-45)48(61)50-17-9-19-64-21-23-65-22-20-63-18-8-11-32-10-7-12-34-37(32)27-58(49(34)62)40-16-13-29(3)51-47(40)60/h7,10,12,24-26,33,40H,3,6,9,13-23,27H2,1-2,4-5H3,(H,50,61)(H,51,60)(H2,52,53,54,55). The molecule has 1 saturated carbocycles. The van der Waals surface area contributed by atoms with E-state index in [-0.39, 0.29) is 24.2 Å². The third kappa shape index (κ3) is 9.30. The molecule has 1 saturated heterocycles. The number of ether oxygens (including phenoxy) is 3. The Labute approximate surface area is 382 Å². The first-order valence-corrected chi connectivity index (χ1v) is 22.6. The topological polar surface area (TPSA) is 204 Å². The Balaban J connectivity index is 0.737. The largest absolute Gasteiger partial charge is 0.379 e. The SMILES string of the molecule is C=C1CCC(N2Cc3c(C#CCOCCOCCOCCCNC(=O)c4nc(Nc5cc(C6CC6)nn5CC)c5c(n4)[nH]c4cc(-c6c(C)noc6C)c(C)cc45)cccc3C2=O)C(=O)N1. The minimum atomic E-state index is -0.518. The number of aryl methyl sites for hydroxylation is 4. The van der Waals surface area contributed by atoms with Crippen molar-refractivity contribution in [3.63, 3.8) is 0 Å². The van der Waals surface area contributed by atoms with Gasteiger partial charge in [0.1, 0.15) is 35.7 Å². The molecule has 342 valence electrons. The fourth-order valence-corrected chi connectivity index (χ4v) is 8.69. The summed E-state index contributed by atoms with van der Waals surface area (Å²) < 4.78 is 24.5. The van der Waals surface area contributed by atoms with Crippen LogP contribution < -0.4 is 16.0 Å². The Morgan fingerprint density at radius 3 is 2.56 bits per heavy atom. The lowest BCUT2D eigenvalue weighted by Gasteiger charge is -2.30. The molecule has 17 nitrogen and oxygen atoms in total. The maximum Gasteiger partial charge on any atom is 0.289 e. The van der Waals surface area contributed by atoms with Gasteiger partial charge in [-0.3, -0.25) is 14.4 Å². The molecular formula is C49H54N10O7. The fraction of sp³-hybridized carbons (Fsp3) is 0.408. The summed E-state index contributed by atoms with van der Waals surface area (Å²) in [6.45, 7) is 15.3. The van der Waals surface area contributed by atoms with Crippen LogP contribution in [0, 0.1) is 32.6 Å². The number of carbonyl (C=O) groups excluding carboxylic acids is 3. The Bertz CT molecular complexity index is 2900. The summed E-state index contributed by atoms with van der Waals surface area (Å²) in [5.41, 5.74) is 9.11. The lowest BCUT2D eigenvalue weighted by Crippen LogP contribution is -2.49. The summed E-state index contributed by atoms with van der Waals surface area (Å²) in [5, 5.41) is 20.0. The van der Waals surface area contributed by atoms with Crippen LogP contribution in [0.2, 0.25) is 0 Å². The van der Waals surface area contributed by atoms with E-state index in [0.717, 1.165) is 79.9 Å². The van der Waals surface area contributed by atoms with E-state index < -0.39 is 11.9 Å². The number of aromatic amines is 1. The molecule has 3 aliphatic rings. The van der Waals surface area contributed by atoms with Crippen molar-refractivity contribution in [2.24, 2.45) is 0 Å². The van der Waals surface area contributed by atoms with Crippen molar-refractivity contribution in [3.05, 3.63) is 93.9 Å². The number of hydrogen-bond acceptors (Lipinski definition) is 12. The van der Waals surface area contributed by atoms with E-state index in [1.165, 1.54) is 0 Å². The second-order valence-electron chi connectivity index (χ2n) is 16.9. The molecule has 1 aliphatic carbocycles. The highest BCUT2D eigenvalue weighted by Crippen LogP contribution is 2.41. The average molecular weight is 895 g/mol. The molecule has 1 atom stereocenters. The van der Waals surface area contributed by atoms with Crippen molar-refractivity contribution in [3.8, 4) is 23.0 Å². The van der Waals surface area contributed by atoms with Gasteiger partial charge in [-0.2, -0.15) is 5.10 Å². The van der Waals surface area contributed by atoms with Crippen molar-refractivity contribution in [1.82, 2.24) is 45.4 Å². The highest BCUT2D eigenvalue weighted by Gasteiger charge is 2.39. The number of anilines is 2. The minimum Gasteiger partial charge on any atom is -0.379 e. The molecule has 9 rings (SSSR count). The van der Waals surface area contributed by atoms with Crippen LogP contribution >= 0.6 is 0 Å². The first kappa shape index (κ1) is 44.3. The van der Waals surface area contributed by atoms with Gasteiger partial charge in [-0.25, -0.2) is 14.6 Å². The lowest BCUT2D eigenvalue weighted by molar-refractivity contribution is -0.126. The smallest absolute Gasteiger partial charge is 0.289 e. The average Bonchev–Trinajstić information content (AvgIpc) is 3.69. The summed E-state index contributed by atoms with van der Waals surface area (Å²) in [5.74, 6) is 8.00. The van der Waals surface area contributed by atoms with Gasteiger partial charge in [-0.05, 0) is 101 Å². The minimum absolute atomic E-state index is 0.0390. The number of aromatic nitrogens is 6. The predicted octanol–water partition coefficient (Wildman–Crippen LogP) is 6.50. The molecule has 2 aliphatic heterocycles. The van der Waals surface area contributed by atoms with Crippen molar-refractivity contribution in [2.45, 2.75) is 84.8 Å². The van der Waals surface area contributed by atoms with Gasteiger partial charge in [0.05, 0.1) is 43.2 Å². The van der Waals surface area contributed by atoms with Gasteiger partial charge in [0, 0.05) is 71.5 Å². The number of fused-ring (bicyclic) bond motifs is 4. The van der Waals surface area contributed by atoms with Crippen LogP contribution in [0.25, 0.3) is 33.1 Å². The number of benzene rings is 2. The van der Waals surface area contributed by atoms with Crippen LogP contribution in [-0.4, -0.2) is 105 Å². The molecule has 6 heterocycles. The van der Waals surface area contributed by atoms with E-state index in [0.29, 0.717) is 101 Å². The molecular weight excluding hydrogens is 841 g/mol. The van der Waals surface area contributed by atoms with Crippen LogP contribution in [0.3, 0.4) is 0 Å². The molecule has 6 aromatic rings. The number of piperidine rings is 1. The summed E-state index contributed by atoms with van der Waals surface area (Å²) in [4.78, 5) is 53.9. The highest BCUT2D eigenvalue weighted by molar-refractivity contribution is 6.13. The van der Waals surface area contributed by atoms with Crippen LogP contribution in [-0.2, 0) is 32.1 Å². The van der Waals surface area contributed by atoms with Crippen LogP contribution in [0.15, 0.2) is 53.2 Å². The Hall–Kier alpha value is -6.87. The summed E-state index contributed by atoms with van der Waals surface area (Å²) in [7, 11) is 0. The summed E-state index contributed by atoms with van der Waals surface area (Å²) >= 11 is 0. The van der Waals surface area contributed by atoms with Gasteiger partial charge in [0.15, 0.2) is 0 Å². The zero-order valence-electron chi connectivity index (χ0n) is 37.8. The van der Waals surface area contributed by atoms with Crippen molar-refractivity contribution in [1.29, 1.82) is 0 Å². The number of amides is 3. The van der Waals surface area contributed by atoms with E-state index in [1.54, 1.807) is 11.0 Å². The molecule has 2 fully saturated rings. The molecule has 0 radical (unpaired) electrons. The number of rotatable bonds is 18. The summed E-state index contributed by atoms with van der Waals surface area (Å²) in [6.07, 6.45) is 4.05. The molecule has 0 bridgehead atoms. The number of nitrogens with zero attached hydrogens (tertiary/aromatic N) is 6. The summed E-state index contributed by atoms with van der Waals surface area (Å²) in [6, 6.07) is 11.2. The number of hydrogen-bond donors (Lipinski definition) is 4. The van der Waals surface area contributed by atoms with E-state index >= 15 is 0 Å². The van der Waals surface area contributed by atoms with Crippen LogP contribution in [0.4, 0.5) is 11.6 Å². The first-order chi connectivity index (χ1) is 32.1. The quantitative estimate of drug-likeness (QED) is 0.0540. The predicted molar refractivity (Wildman–Crippen MR) is 247 cm³/mol. The van der Waals surface area contributed by atoms with Gasteiger partial charge < -0.3 is 44.6 Å². The number of nitrogens with one attached hydrogen (secondary N) is 4. The van der Waals surface area contributed by atoms with Crippen molar-refractivity contribution >= 4 is 51.3 Å². The van der Waals surface area contributed by atoms with E-state index in [1.807, 2.05) is 30.7 Å². The molecule has 66 heavy (non-hydrogen) atoms. The van der Waals surface area contributed by atoms with Crippen LogP contribution in [0.1, 0.15) is 99.8 Å². The maximum absolute atomic E-state index is 13.6. The van der Waals surface area contributed by atoms with Gasteiger partial charge >= 0.3 is 0 Å². The number of allylic oxidation sites excluding steroid dienone is 1. The number of carbonyl (C=O) groups is 3. The fourth-order valence-electron chi connectivity index (χ4n) is 8.69. The monoisotopic (exact) mass is 894 g/mol. The molecule has 17 heteroatoms. The second-order valence-corrected chi connectivity index (χ2v) is 16.9. The zero-order valence-corrected chi connectivity index (χ0v) is 37.8. The van der Waals surface area contributed by atoms with Gasteiger partial charge in [0.25, 0.3) is 11.8 Å². The van der Waals surface area contributed by atoms with Crippen molar-refractivity contribution < 1.29 is 33.1 Å². The molecule has 2 aromatic carbocycles.